The molecule has 0 aliphatic carbocycles. The number of hydrogen-bond donors (Lipinski definition) is 0. The van der Waals surface area contributed by atoms with Gasteiger partial charge in [-0.2, -0.15) is 0 Å². The number of benzene rings is 1. The lowest BCUT2D eigenvalue weighted by molar-refractivity contribution is 0.340. The fourth-order valence-electron chi connectivity index (χ4n) is 1.64. The van der Waals surface area contributed by atoms with Crippen molar-refractivity contribution >= 4 is 66.4 Å². The van der Waals surface area contributed by atoms with Crippen molar-refractivity contribution in [2.75, 3.05) is 6.61 Å². The van der Waals surface area contributed by atoms with E-state index in [4.69, 9.17) is 27.9 Å². The second-order valence-corrected chi connectivity index (χ2v) is 7.80. The summed E-state index contributed by atoms with van der Waals surface area (Å²) in [7, 11) is 0. The van der Waals surface area contributed by atoms with Crippen LogP contribution in [-0.4, -0.2) is 6.61 Å². The maximum Gasteiger partial charge on any atom is 0.139 e. The summed E-state index contributed by atoms with van der Waals surface area (Å²) in [5.74, 6) is 0.615. The van der Waals surface area contributed by atoms with Crippen LogP contribution in [0.1, 0.15) is 22.9 Å². The van der Waals surface area contributed by atoms with Crippen LogP contribution < -0.4 is 4.74 Å². The molecule has 19 heavy (non-hydrogen) atoms. The molecular formula is C13H10Br2Cl2OS. The SMILES string of the molecule is CCOc1cc(Cl)c(C(Br)c2csc(Br)c2)cc1Cl. The second-order valence-electron chi connectivity index (χ2n) is 3.78. The maximum atomic E-state index is 6.31. The first-order chi connectivity index (χ1) is 9.02. The Kier molecular flexibility index (Phi) is 5.61. The van der Waals surface area contributed by atoms with Crippen LogP contribution in [0.15, 0.2) is 27.4 Å². The van der Waals surface area contributed by atoms with Gasteiger partial charge in [0.05, 0.1) is 20.2 Å². The molecule has 1 unspecified atom stereocenters. The van der Waals surface area contributed by atoms with Crippen molar-refractivity contribution in [2.24, 2.45) is 0 Å². The lowest BCUT2D eigenvalue weighted by atomic mass is 10.1. The summed E-state index contributed by atoms with van der Waals surface area (Å²) >= 11 is 21.3. The molecule has 1 aromatic carbocycles. The van der Waals surface area contributed by atoms with Gasteiger partial charge in [-0.1, -0.05) is 39.1 Å². The Bertz CT molecular complexity index is 586. The smallest absolute Gasteiger partial charge is 0.139 e. The van der Waals surface area contributed by atoms with E-state index in [1.165, 1.54) is 0 Å². The molecule has 0 aliphatic rings. The Hall–Kier alpha value is 0.260. The van der Waals surface area contributed by atoms with E-state index in [1.54, 1.807) is 17.4 Å². The molecule has 0 radical (unpaired) electrons. The van der Waals surface area contributed by atoms with Crippen molar-refractivity contribution in [1.82, 2.24) is 0 Å². The molecule has 0 N–H and O–H groups in total. The minimum atomic E-state index is 0.00993. The highest BCUT2D eigenvalue weighted by Gasteiger charge is 2.18. The van der Waals surface area contributed by atoms with E-state index in [2.05, 4.69) is 43.3 Å². The van der Waals surface area contributed by atoms with Crippen LogP contribution in [-0.2, 0) is 0 Å². The minimum absolute atomic E-state index is 0.00993. The molecule has 2 rings (SSSR count). The summed E-state index contributed by atoms with van der Waals surface area (Å²) in [5, 5.41) is 3.28. The van der Waals surface area contributed by atoms with Gasteiger partial charge in [0.15, 0.2) is 0 Å². The zero-order valence-corrected chi connectivity index (χ0v) is 15.4. The predicted octanol–water partition coefficient (Wildman–Crippen LogP) is 6.70. The lowest BCUT2D eigenvalue weighted by Gasteiger charge is -2.14. The van der Waals surface area contributed by atoms with E-state index < -0.39 is 0 Å². The fourth-order valence-corrected chi connectivity index (χ4v) is 4.28. The molecule has 0 saturated heterocycles. The highest BCUT2D eigenvalue weighted by atomic mass is 79.9. The van der Waals surface area contributed by atoms with Crippen molar-refractivity contribution in [3.8, 4) is 5.75 Å². The number of thiophene rings is 1. The molecule has 0 saturated carbocycles. The van der Waals surface area contributed by atoms with E-state index >= 15 is 0 Å². The summed E-state index contributed by atoms with van der Waals surface area (Å²) < 4.78 is 6.51. The summed E-state index contributed by atoms with van der Waals surface area (Å²) in [6, 6.07) is 5.67. The van der Waals surface area contributed by atoms with Gasteiger partial charge in [0.1, 0.15) is 5.75 Å². The summed E-state index contributed by atoms with van der Waals surface area (Å²) in [6.07, 6.45) is 0. The molecule has 0 fully saturated rings. The Morgan fingerprint density at radius 2 is 2.00 bits per heavy atom. The molecule has 2 aromatic rings. The third-order valence-corrected chi connectivity index (χ3v) is 5.67. The van der Waals surface area contributed by atoms with Crippen LogP contribution in [0.3, 0.4) is 0 Å². The van der Waals surface area contributed by atoms with Gasteiger partial charge >= 0.3 is 0 Å². The zero-order valence-electron chi connectivity index (χ0n) is 9.92. The van der Waals surface area contributed by atoms with E-state index in [1.807, 2.05) is 13.0 Å². The van der Waals surface area contributed by atoms with Crippen molar-refractivity contribution < 1.29 is 4.74 Å². The molecule has 1 nitrogen and oxygen atoms in total. The van der Waals surface area contributed by atoms with Gasteiger partial charge in [-0.05, 0) is 51.5 Å². The lowest BCUT2D eigenvalue weighted by Crippen LogP contribution is -1.96. The number of ether oxygens (including phenoxy) is 1. The van der Waals surface area contributed by atoms with E-state index in [0.717, 1.165) is 14.9 Å². The molecule has 1 aromatic heterocycles. The summed E-state index contributed by atoms with van der Waals surface area (Å²) in [4.78, 5) is 0.00993. The zero-order chi connectivity index (χ0) is 14.0. The van der Waals surface area contributed by atoms with E-state index in [0.29, 0.717) is 22.4 Å². The third-order valence-electron chi connectivity index (χ3n) is 2.50. The van der Waals surface area contributed by atoms with Crippen LogP contribution in [0.25, 0.3) is 0 Å². The van der Waals surface area contributed by atoms with Gasteiger partial charge in [0.2, 0.25) is 0 Å². The summed E-state index contributed by atoms with van der Waals surface area (Å²) in [5.41, 5.74) is 2.07. The van der Waals surface area contributed by atoms with Gasteiger partial charge < -0.3 is 4.74 Å². The third kappa shape index (κ3) is 3.67. The topological polar surface area (TPSA) is 9.23 Å². The first-order valence-corrected chi connectivity index (χ1v) is 8.87. The molecule has 1 heterocycles. The van der Waals surface area contributed by atoms with Crippen molar-refractivity contribution in [1.29, 1.82) is 0 Å². The molecule has 0 bridgehead atoms. The summed E-state index contributed by atoms with van der Waals surface area (Å²) in [6.45, 7) is 2.47. The van der Waals surface area contributed by atoms with Gasteiger partial charge in [-0.25, -0.2) is 0 Å². The number of halogens is 4. The average molecular weight is 445 g/mol. The molecule has 0 aliphatic heterocycles. The fraction of sp³-hybridized carbons (Fsp3) is 0.231. The number of alkyl halides is 1. The van der Waals surface area contributed by atoms with Gasteiger partial charge in [-0.3, -0.25) is 0 Å². The van der Waals surface area contributed by atoms with Gasteiger partial charge in [-0.15, -0.1) is 11.3 Å². The molecule has 0 spiro atoms. The Labute approximate surface area is 143 Å². The van der Waals surface area contributed by atoms with Crippen molar-refractivity contribution in [3.63, 3.8) is 0 Å². The number of hydrogen-bond acceptors (Lipinski definition) is 2. The van der Waals surface area contributed by atoms with Crippen LogP contribution in [0.2, 0.25) is 10.0 Å². The van der Waals surface area contributed by atoms with Crippen molar-refractivity contribution in [2.45, 2.75) is 11.8 Å². The average Bonchev–Trinajstić information content (AvgIpc) is 2.79. The quantitative estimate of drug-likeness (QED) is 0.476. The minimum Gasteiger partial charge on any atom is -0.492 e. The van der Waals surface area contributed by atoms with Crippen LogP contribution in [0, 0.1) is 0 Å². The molecule has 6 heteroatoms. The first-order valence-electron chi connectivity index (χ1n) is 5.52. The molecule has 102 valence electrons. The maximum absolute atomic E-state index is 6.31. The van der Waals surface area contributed by atoms with Crippen LogP contribution >= 0.6 is 66.4 Å². The standard InChI is InChI=1S/C13H10Br2Cl2OS/c1-2-18-11-5-9(16)8(4-10(11)17)13(15)7-3-12(14)19-6-7/h3-6,13H,2H2,1H3. The van der Waals surface area contributed by atoms with Gasteiger partial charge in [0.25, 0.3) is 0 Å². The largest absolute Gasteiger partial charge is 0.492 e. The van der Waals surface area contributed by atoms with E-state index in [9.17, 15) is 0 Å². The Morgan fingerprint density at radius 3 is 2.58 bits per heavy atom. The molecular weight excluding hydrogens is 435 g/mol. The molecule has 0 amide bonds. The Morgan fingerprint density at radius 1 is 1.26 bits per heavy atom. The second kappa shape index (κ2) is 6.81. The highest BCUT2D eigenvalue weighted by Crippen LogP contribution is 2.41. The Balaban J connectivity index is 2.37. The predicted molar refractivity (Wildman–Crippen MR) is 90.4 cm³/mol. The van der Waals surface area contributed by atoms with Crippen LogP contribution in [0.4, 0.5) is 0 Å². The molecule has 1 atom stereocenters. The van der Waals surface area contributed by atoms with Gasteiger partial charge in [0, 0.05) is 11.1 Å². The highest BCUT2D eigenvalue weighted by molar-refractivity contribution is 9.11. The number of rotatable bonds is 4. The monoisotopic (exact) mass is 442 g/mol. The normalized spacial score (nSPS) is 12.5. The van der Waals surface area contributed by atoms with Crippen molar-refractivity contribution in [3.05, 3.63) is 48.5 Å². The first kappa shape index (κ1) is 15.6. The van der Waals surface area contributed by atoms with Crippen LogP contribution in [0.5, 0.6) is 5.75 Å². The van der Waals surface area contributed by atoms with E-state index in [-0.39, 0.29) is 4.83 Å².